The molecule has 1 aromatic carbocycles. The summed E-state index contributed by atoms with van der Waals surface area (Å²) in [7, 11) is -2.28. The fourth-order valence-corrected chi connectivity index (χ4v) is 2.63. The maximum Gasteiger partial charge on any atom is 0.293 e. The maximum atomic E-state index is 12.0. The summed E-state index contributed by atoms with van der Waals surface area (Å²) < 4.78 is 31.6. The molecule has 0 aromatic heterocycles. The predicted octanol–water partition coefficient (Wildman–Crippen LogP) is 1.34. The van der Waals surface area contributed by atoms with Crippen molar-refractivity contribution in [2.75, 3.05) is 25.5 Å². The van der Waals surface area contributed by atoms with Crippen LogP contribution >= 0.6 is 0 Å². The number of hydrogen-bond donors (Lipinski definition) is 2. The van der Waals surface area contributed by atoms with Crippen LogP contribution in [0, 0.1) is 10.1 Å². The van der Waals surface area contributed by atoms with E-state index in [1.54, 1.807) is 0 Å². The normalized spacial score (nSPS) is 11.6. The third-order valence-corrected chi connectivity index (χ3v) is 4.05. The van der Waals surface area contributed by atoms with Gasteiger partial charge < -0.3 is 10.1 Å². The summed E-state index contributed by atoms with van der Waals surface area (Å²) in [4.78, 5) is 10.1. The monoisotopic (exact) mass is 317 g/mol. The van der Waals surface area contributed by atoms with Crippen LogP contribution in [0.2, 0.25) is 0 Å². The fourth-order valence-electron chi connectivity index (χ4n) is 1.60. The van der Waals surface area contributed by atoms with Gasteiger partial charge in [0, 0.05) is 19.7 Å². The minimum Gasteiger partial charge on any atom is -0.383 e. The summed E-state index contributed by atoms with van der Waals surface area (Å²) in [5, 5.41) is 13.6. The average molecular weight is 317 g/mol. The number of nitro groups is 1. The second-order valence-corrected chi connectivity index (χ2v) is 6.27. The van der Waals surface area contributed by atoms with Crippen molar-refractivity contribution in [3.05, 3.63) is 28.3 Å². The largest absolute Gasteiger partial charge is 0.383 e. The molecule has 0 heterocycles. The van der Waals surface area contributed by atoms with Crippen molar-refractivity contribution in [3.8, 4) is 0 Å². The van der Waals surface area contributed by atoms with Gasteiger partial charge in [0.15, 0.2) is 0 Å². The van der Waals surface area contributed by atoms with E-state index in [9.17, 15) is 18.5 Å². The molecule has 0 unspecified atom stereocenters. The van der Waals surface area contributed by atoms with Crippen LogP contribution in [0.5, 0.6) is 0 Å². The third kappa shape index (κ3) is 4.96. The first kappa shape index (κ1) is 17.3. The van der Waals surface area contributed by atoms with Crippen molar-refractivity contribution >= 4 is 21.4 Å². The number of nitrogens with one attached hydrogen (secondary N) is 2. The minimum atomic E-state index is -3.80. The molecule has 21 heavy (non-hydrogen) atoms. The summed E-state index contributed by atoms with van der Waals surface area (Å²) in [5.41, 5.74) is -0.0408. The van der Waals surface area contributed by atoms with Crippen LogP contribution in [0.4, 0.5) is 11.4 Å². The Bertz CT molecular complexity index is 601. The Morgan fingerprint density at radius 2 is 2.05 bits per heavy atom. The zero-order chi connectivity index (χ0) is 16.0. The van der Waals surface area contributed by atoms with Crippen molar-refractivity contribution in [3.63, 3.8) is 0 Å². The lowest BCUT2D eigenvalue weighted by atomic mass is 10.3. The Labute approximate surface area is 123 Å². The standard InChI is InChI=1S/C12H19N3O5S/c1-9(2)20-7-6-14-21(18,19)10-4-5-11(13-3)12(8-10)15(16)17/h4-5,8-9,13-14H,6-7H2,1-3H3. The van der Waals surface area contributed by atoms with Crippen molar-refractivity contribution in [2.24, 2.45) is 0 Å². The predicted molar refractivity (Wildman–Crippen MR) is 78.9 cm³/mol. The van der Waals surface area contributed by atoms with Crippen LogP contribution in [-0.4, -0.2) is 39.6 Å². The molecule has 9 heteroatoms. The van der Waals surface area contributed by atoms with Crippen LogP contribution in [0.25, 0.3) is 0 Å². The lowest BCUT2D eigenvalue weighted by Gasteiger charge is -2.10. The van der Waals surface area contributed by atoms with Crippen molar-refractivity contribution < 1.29 is 18.1 Å². The van der Waals surface area contributed by atoms with E-state index in [4.69, 9.17) is 4.74 Å². The number of nitrogens with zero attached hydrogens (tertiary/aromatic N) is 1. The lowest BCUT2D eigenvalue weighted by molar-refractivity contribution is -0.384. The molecule has 0 radical (unpaired) electrons. The van der Waals surface area contributed by atoms with Crippen molar-refractivity contribution in [1.82, 2.24) is 4.72 Å². The summed E-state index contributed by atoms with van der Waals surface area (Å²) in [6.45, 7) is 4.01. The molecule has 0 saturated carbocycles. The smallest absolute Gasteiger partial charge is 0.293 e. The molecule has 0 bridgehead atoms. The van der Waals surface area contributed by atoms with Crippen molar-refractivity contribution in [1.29, 1.82) is 0 Å². The van der Waals surface area contributed by atoms with E-state index in [2.05, 4.69) is 10.0 Å². The molecule has 0 saturated heterocycles. The third-order valence-electron chi connectivity index (χ3n) is 2.59. The van der Waals surface area contributed by atoms with Gasteiger partial charge in [-0.3, -0.25) is 10.1 Å². The van der Waals surface area contributed by atoms with Crippen LogP contribution in [-0.2, 0) is 14.8 Å². The van der Waals surface area contributed by atoms with Gasteiger partial charge in [0.2, 0.25) is 10.0 Å². The summed E-state index contributed by atoms with van der Waals surface area (Å²) >= 11 is 0. The molecular formula is C12H19N3O5S. The summed E-state index contributed by atoms with van der Waals surface area (Å²) in [6, 6.07) is 3.69. The SMILES string of the molecule is CNc1ccc(S(=O)(=O)NCCOC(C)C)cc1[N+](=O)[O-]. The lowest BCUT2D eigenvalue weighted by Crippen LogP contribution is -2.28. The molecule has 0 atom stereocenters. The molecule has 118 valence electrons. The topological polar surface area (TPSA) is 111 Å². The van der Waals surface area contributed by atoms with Gasteiger partial charge in [-0.05, 0) is 26.0 Å². The van der Waals surface area contributed by atoms with Gasteiger partial charge in [-0.15, -0.1) is 0 Å². The quantitative estimate of drug-likeness (QED) is 0.425. The molecule has 0 aliphatic rings. The molecule has 8 nitrogen and oxygen atoms in total. The van der Waals surface area contributed by atoms with Crippen LogP contribution in [0.3, 0.4) is 0 Å². The first-order chi connectivity index (χ1) is 9.77. The highest BCUT2D eigenvalue weighted by Crippen LogP contribution is 2.26. The number of sulfonamides is 1. The molecular weight excluding hydrogens is 298 g/mol. The van der Waals surface area contributed by atoms with Crippen LogP contribution in [0.15, 0.2) is 23.1 Å². The second-order valence-electron chi connectivity index (χ2n) is 4.50. The highest BCUT2D eigenvalue weighted by molar-refractivity contribution is 7.89. The van der Waals surface area contributed by atoms with Gasteiger partial charge in [0.1, 0.15) is 5.69 Å². The Balaban J connectivity index is 2.88. The molecule has 1 aromatic rings. The van der Waals surface area contributed by atoms with Crippen LogP contribution in [0.1, 0.15) is 13.8 Å². The first-order valence-corrected chi connectivity index (χ1v) is 7.83. The zero-order valence-corrected chi connectivity index (χ0v) is 12.9. The van der Waals surface area contributed by atoms with Crippen molar-refractivity contribution in [2.45, 2.75) is 24.8 Å². The number of nitro benzene ring substituents is 1. The average Bonchev–Trinajstić information content (AvgIpc) is 2.42. The van der Waals surface area contributed by atoms with E-state index in [0.29, 0.717) is 0 Å². The van der Waals surface area contributed by atoms with E-state index in [-0.39, 0.29) is 35.5 Å². The van der Waals surface area contributed by atoms with E-state index in [1.165, 1.54) is 19.2 Å². The second kappa shape index (κ2) is 7.34. The van der Waals surface area contributed by atoms with E-state index >= 15 is 0 Å². The fraction of sp³-hybridized carbons (Fsp3) is 0.500. The van der Waals surface area contributed by atoms with Gasteiger partial charge in [0.25, 0.3) is 5.69 Å². The molecule has 0 fully saturated rings. The van der Waals surface area contributed by atoms with Crippen LogP contribution < -0.4 is 10.0 Å². The van der Waals surface area contributed by atoms with E-state index < -0.39 is 14.9 Å². The number of anilines is 1. The Morgan fingerprint density at radius 3 is 2.57 bits per heavy atom. The molecule has 0 amide bonds. The maximum absolute atomic E-state index is 12.0. The highest BCUT2D eigenvalue weighted by Gasteiger charge is 2.20. The van der Waals surface area contributed by atoms with E-state index in [0.717, 1.165) is 6.07 Å². The van der Waals surface area contributed by atoms with Gasteiger partial charge >= 0.3 is 0 Å². The molecule has 0 aliphatic carbocycles. The number of hydrogen-bond acceptors (Lipinski definition) is 6. The zero-order valence-electron chi connectivity index (χ0n) is 12.1. The Hall–Kier alpha value is -1.71. The van der Waals surface area contributed by atoms with Gasteiger partial charge in [-0.25, -0.2) is 13.1 Å². The molecule has 2 N–H and O–H groups in total. The number of benzene rings is 1. The highest BCUT2D eigenvalue weighted by atomic mass is 32.2. The Morgan fingerprint density at radius 1 is 1.38 bits per heavy atom. The van der Waals surface area contributed by atoms with Gasteiger partial charge in [0.05, 0.1) is 22.5 Å². The first-order valence-electron chi connectivity index (χ1n) is 6.35. The molecule has 0 aliphatic heterocycles. The Kier molecular flexibility index (Phi) is 6.06. The number of rotatable bonds is 8. The summed E-state index contributed by atoms with van der Waals surface area (Å²) in [6.07, 6.45) is 0.00510. The number of ether oxygens (including phenoxy) is 1. The molecule has 0 spiro atoms. The summed E-state index contributed by atoms with van der Waals surface area (Å²) in [5.74, 6) is 0. The van der Waals surface area contributed by atoms with Gasteiger partial charge in [-0.1, -0.05) is 0 Å². The van der Waals surface area contributed by atoms with Gasteiger partial charge in [-0.2, -0.15) is 0 Å². The minimum absolute atomic E-state index is 0.00510. The van der Waals surface area contributed by atoms with E-state index in [1.807, 2.05) is 13.8 Å². The molecule has 1 rings (SSSR count).